The van der Waals surface area contributed by atoms with Crippen molar-refractivity contribution in [1.29, 1.82) is 0 Å². The average molecular weight is 303 g/mol. The van der Waals surface area contributed by atoms with Gasteiger partial charge < -0.3 is 0 Å². The third kappa shape index (κ3) is 3.68. The third-order valence-corrected chi connectivity index (χ3v) is 3.83. The molecule has 1 nitrogen and oxygen atoms in total. The molecule has 3 aromatic rings. The molecule has 0 amide bonds. The highest BCUT2D eigenvalue weighted by Gasteiger charge is 2.01. The molecular formula is C22H25N. The summed E-state index contributed by atoms with van der Waals surface area (Å²) in [4.78, 5) is 4.77. The molecular weight excluding hydrogens is 278 g/mol. The fraction of sp³-hybridized carbons (Fsp3) is 0.227. The van der Waals surface area contributed by atoms with Crippen molar-refractivity contribution in [1.82, 2.24) is 4.98 Å². The van der Waals surface area contributed by atoms with Crippen molar-refractivity contribution in [3.05, 3.63) is 64.7 Å². The maximum Gasteiger partial charge on any atom is 0.0709 e. The third-order valence-electron chi connectivity index (χ3n) is 3.83. The first-order chi connectivity index (χ1) is 11.2. The summed E-state index contributed by atoms with van der Waals surface area (Å²) < 4.78 is 0. The largest absolute Gasteiger partial charge is 0.248 e. The van der Waals surface area contributed by atoms with Gasteiger partial charge in [0.1, 0.15) is 0 Å². The Labute approximate surface area is 139 Å². The van der Waals surface area contributed by atoms with Gasteiger partial charge in [0, 0.05) is 5.56 Å². The topological polar surface area (TPSA) is 12.9 Å². The molecule has 0 bridgehead atoms. The van der Waals surface area contributed by atoms with E-state index < -0.39 is 0 Å². The fourth-order valence-corrected chi connectivity index (χ4v) is 2.65. The molecule has 0 aliphatic carbocycles. The lowest BCUT2D eigenvalue weighted by Gasteiger charge is -2.05. The molecule has 0 spiro atoms. The quantitative estimate of drug-likeness (QED) is 0.627. The second kappa shape index (κ2) is 7.73. The summed E-state index contributed by atoms with van der Waals surface area (Å²) in [5.41, 5.74) is 3.48. The van der Waals surface area contributed by atoms with Crippen LogP contribution in [0.1, 0.15) is 33.3 Å². The zero-order valence-electron chi connectivity index (χ0n) is 14.7. The second-order valence-electron chi connectivity index (χ2n) is 5.31. The van der Waals surface area contributed by atoms with Gasteiger partial charge in [-0.2, -0.15) is 0 Å². The van der Waals surface area contributed by atoms with E-state index in [9.17, 15) is 0 Å². The minimum Gasteiger partial charge on any atom is -0.248 e. The van der Waals surface area contributed by atoms with Crippen LogP contribution >= 0.6 is 0 Å². The molecule has 23 heavy (non-hydrogen) atoms. The molecule has 1 heteroatoms. The molecule has 1 aromatic heterocycles. The van der Waals surface area contributed by atoms with E-state index in [2.05, 4.69) is 67.6 Å². The number of nitrogens with zero attached hydrogens (tertiary/aromatic N) is 1. The fourth-order valence-electron chi connectivity index (χ4n) is 2.65. The maximum absolute atomic E-state index is 4.77. The number of pyridine rings is 1. The SMILES string of the molecule is C/C=c1/ccc(-c2ccc3cc(C)ccc3c2)n/c1=C/C.CC. The monoisotopic (exact) mass is 303 g/mol. The van der Waals surface area contributed by atoms with Crippen molar-refractivity contribution in [3.8, 4) is 11.3 Å². The Morgan fingerprint density at radius 1 is 0.783 bits per heavy atom. The lowest BCUT2D eigenvalue weighted by molar-refractivity contribution is 1.22. The summed E-state index contributed by atoms with van der Waals surface area (Å²) in [6, 6.07) is 17.3. The Morgan fingerprint density at radius 2 is 1.48 bits per heavy atom. The van der Waals surface area contributed by atoms with Gasteiger partial charge >= 0.3 is 0 Å². The number of aromatic nitrogens is 1. The van der Waals surface area contributed by atoms with Crippen molar-refractivity contribution < 1.29 is 0 Å². The molecule has 3 rings (SSSR count). The number of fused-ring (bicyclic) bond motifs is 1. The second-order valence-corrected chi connectivity index (χ2v) is 5.31. The van der Waals surface area contributed by atoms with Crippen LogP contribution in [0.5, 0.6) is 0 Å². The molecule has 0 saturated carbocycles. The summed E-state index contributed by atoms with van der Waals surface area (Å²) in [6.45, 7) is 10.2. The van der Waals surface area contributed by atoms with Crippen molar-refractivity contribution >= 4 is 22.9 Å². The smallest absolute Gasteiger partial charge is 0.0709 e. The van der Waals surface area contributed by atoms with Crippen LogP contribution < -0.4 is 10.6 Å². The van der Waals surface area contributed by atoms with Gasteiger partial charge in [0.25, 0.3) is 0 Å². The first kappa shape index (κ1) is 17.0. The molecule has 0 radical (unpaired) electrons. The average Bonchev–Trinajstić information content (AvgIpc) is 2.62. The highest BCUT2D eigenvalue weighted by atomic mass is 14.7. The number of benzene rings is 2. The van der Waals surface area contributed by atoms with E-state index in [1.54, 1.807) is 0 Å². The van der Waals surface area contributed by atoms with E-state index in [0.29, 0.717) is 0 Å². The van der Waals surface area contributed by atoms with E-state index in [-0.39, 0.29) is 0 Å². The molecule has 0 aliphatic rings. The summed E-state index contributed by atoms with van der Waals surface area (Å²) >= 11 is 0. The Balaban J connectivity index is 0.000000924. The van der Waals surface area contributed by atoms with E-state index >= 15 is 0 Å². The highest BCUT2D eigenvalue weighted by Crippen LogP contribution is 2.23. The number of aryl methyl sites for hydroxylation is 1. The lowest BCUT2D eigenvalue weighted by atomic mass is 10.0. The Bertz CT molecular complexity index is 920. The molecule has 0 saturated heterocycles. The van der Waals surface area contributed by atoms with Crippen molar-refractivity contribution in [2.45, 2.75) is 34.6 Å². The van der Waals surface area contributed by atoms with Crippen LogP contribution in [0, 0.1) is 6.92 Å². The van der Waals surface area contributed by atoms with Crippen LogP contribution in [-0.4, -0.2) is 4.98 Å². The Kier molecular flexibility index (Phi) is 5.70. The van der Waals surface area contributed by atoms with E-state index in [1.165, 1.54) is 21.6 Å². The van der Waals surface area contributed by atoms with Gasteiger partial charge in [0.15, 0.2) is 0 Å². The van der Waals surface area contributed by atoms with E-state index in [1.807, 2.05) is 27.7 Å². The first-order valence-electron chi connectivity index (χ1n) is 8.32. The van der Waals surface area contributed by atoms with Crippen LogP contribution in [0.15, 0.2) is 48.5 Å². The molecule has 2 aromatic carbocycles. The van der Waals surface area contributed by atoms with Crippen LogP contribution in [-0.2, 0) is 0 Å². The van der Waals surface area contributed by atoms with Gasteiger partial charge in [-0.15, -0.1) is 0 Å². The summed E-state index contributed by atoms with van der Waals surface area (Å²) in [7, 11) is 0. The summed E-state index contributed by atoms with van der Waals surface area (Å²) in [5, 5.41) is 4.75. The molecule has 0 N–H and O–H groups in total. The molecule has 0 fully saturated rings. The zero-order chi connectivity index (χ0) is 16.8. The minimum atomic E-state index is 1.02. The van der Waals surface area contributed by atoms with E-state index in [4.69, 9.17) is 4.98 Å². The highest BCUT2D eigenvalue weighted by molar-refractivity contribution is 5.87. The van der Waals surface area contributed by atoms with Gasteiger partial charge in [0.2, 0.25) is 0 Å². The maximum atomic E-state index is 4.77. The van der Waals surface area contributed by atoms with Crippen LogP contribution in [0.4, 0.5) is 0 Å². The van der Waals surface area contributed by atoms with Gasteiger partial charge in [-0.05, 0) is 48.9 Å². The predicted molar refractivity (Wildman–Crippen MR) is 103 cm³/mol. The van der Waals surface area contributed by atoms with Crippen molar-refractivity contribution in [2.24, 2.45) is 0 Å². The molecule has 118 valence electrons. The molecule has 0 unspecified atom stereocenters. The number of hydrogen-bond donors (Lipinski definition) is 0. The van der Waals surface area contributed by atoms with Crippen LogP contribution in [0.25, 0.3) is 34.2 Å². The van der Waals surface area contributed by atoms with Crippen molar-refractivity contribution in [2.75, 3.05) is 0 Å². The Morgan fingerprint density at radius 3 is 2.17 bits per heavy atom. The number of rotatable bonds is 1. The summed E-state index contributed by atoms with van der Waals surface area (Å²) in [6.07, 6.45) is 4.15. The minimum absolute atomic E-state index is 1.02. The van der Waals surface area contributed by atoms with Gasteiger partial charge in [-0.3, -0.25) is 0 Å². The first-order valence-corrected chi connectivity index (χ1v) is 8.32. The van der Waals surface area contributed by atoms with Gasteiger partial charge in [-0.1, -0.05) is 68.0 Å². The number of hydrogen-bond acceptors (Lipinski definition) is 1. The van der Waals surface area contributed by atoms with Crippen molar-refractivity contribution in [3.63, 3.8) is 0 Å². The lowest BCUT2D eigenvalue weighted by Crippen LogP contribution is -2.27. The van der Waals surface area contributed by atoms with Gasteiger partial charge in [-0.25, -0.2) is 4.98 Å². The molecule has 1 heterocycles. The molecule has 0 atom stereocenters. The van der Waals surface area contributed by atoms with E-state index in [0.717, 1.165) is 16.6 Å². The van der Waals surface area contributed by atoms with Crippen LogP contribution in [0.3, 0.4) is 0 Å². The zero-order valence-corrected chi connectivity index (χ0v) is 14.7. The van der Waals surface area contributed by atoms with Crippen LogP contribution in [0.2, 0.25) is 0 Å². The summed E-state index contributed by atoms with van der Waals surface area (Å²) in [5.74, 6) is 0. The standard InChI is InChI=1S/C20H19N.C2H6/c1-4-15-10-11-20(21-19(15)5-2)18-9-8-16-12-14(3)6-7-17(16)13-18;1-2/h4-13H,1-3H3;1-2H3/b15-4-,19-5+;. The predicted octanol–water partition coefficient (Wildman–Crippen LogP) is 4.84. The normalized spacial score (nSPS) is 12.2. The van der Waals surface area contributed by atoms with Gasteiger partial charge in [0.05, 0.1) is 11.0 Å². The molecule has 0 aliphatic heterocycles. The Hall–Kier alpha value is -2.41.